The number of nitrogens with zero attached hydrogens (tertiary/aromatic N) is 3. The maximum atomic E-state index is 4.50. The Morgan fingerprint density at radius 3 is 2.56 bits per heavy atom. The molecule has 1 radical (unpaired) electrons. The molecular weight excluding hydrogens is 470 g/mol. The van der Waals surface area contributed by atoms with E-state index in [1.54, 1.807) is 4.68 Å². The quantitative estimate of drug-likeness (QED) is 0.619. The Balaban J connectivity index is 0.00000162. The van der Waals surface area contributed by atoms with Gasteiger partial charge < -0.3 is 4.98 Å². The van der Waals surface area contributed by atoms with Crippen molar-refractivity contribution in [1.29, 1.82) is 0 Å². The van der Waals surface area contributed by atoms with Crippen molar-refractivity contribution in [2.75, 3.05) is 0 Å². The second-order valence-corrected chi connectivity index (χ2v) is 4.77. The molecule has 0 saturated carbocycles. The van der Waals surface area contributed by atoms with Crippen molar-refractivity contribution in [3.8, 4) is 5.69 Å². The van der Waals surface area contributed by atoms with Crippen LogP contribution in [0.4, 0.5) is 0 Å². The van der Waals surface area contributed by atoms with Gasteiger partial charge in [-0.3, -0.25) is 4.68 Å². The molecule has 0 atom stereocenters. The number of hydrogen-bond acceptors (Lipinski definition) is 2. The van der Waals surface area contributed by atoms with Crippen LogP contribution in [-0.2, 0) is 20.1 Å². The monoisotopic (exact) mass is 485 g/mol. The molecule has 0 fully saturated rings. The average molecular weight is 485 g/mol. The SMILES string of the molecule is CCC(CC)c1c[c-]c(-n2ccc(Br)n2)cn1.[Ir]. The summed E-state index contributed by atoms with van der Waals surface area (Å²) in [6.07, 6.45) is 5.94. The molecular formula is C13H15BrIrN3-. The Kier molecular flexibility index (Phi) is 6.19. The average Bonchev–Trinajstić information content (AvgIpc) is 2.78. The Labute approximate surface area is 129 Å². The fraction of sp³-hybridized carbons (Fsp3) is 0.385. The topological polar surface area (TPSA) is 30.7 Å². The van der Waals surface area contributed by atoms with Crippen LogP contribution in [0.1, 0.15) is 38.3 Å². The Morgan fingerprint density at radius 2 is 2.11 bits per heavy atom. The summed E-state index contributed by atoms with van der Waals surface area (Å²) in [6, 6.07) is 7.10. The standard InChI is InChI=1S/C13H15BrN3.Ir/c1-3-10(4-2)12-6-5-11(9-15-12)17-8-7-13(14)16-17;/h6-10H,3-4H2,1-2H3;/q-1;. The summed E-state index contributed by atoms with van der Waals surface area (Å²) in [4.78, 5) is 4.50. The summed E-state index contributed by atoms with van der Waals surface area (Å²) in [6.45, 7) is 4.38. The maximum absolute atomic E-state index is 4.50. The van der Waals surface area contributed by atoms with E-state index in [1.165, 1.54) is 0 Å². The molecule has 3 nitrogen and oxygen atoms in total. The van der Waals surface area contributed by atoms with Crippen molar-refractivity contribution in [2.24, 2.45) is 0 Å². The minimum atomic E-state index is 0. The van der Waals surface area contributed by atoms with Crippen LogP contribution in [0.5, 0.6) is 0 Å². The van der Waals surface area contributed by atoms with Gasteiger partial charge in [-0.15, -0.1) is 0 Å². The third-order valence-electron chi connectivity index (χ3n) is 2.91. The number of halogens is 1. The first-order valence-corrected chi connectivity index (χ1v) is 6.63. The first kappa shape index (κ1) is 15.5. The normalized spacial score (nSPS) is 10.4. The molecule has 2 rings (SSSR count). The first-order chi connectivity index (χ1) is 8.24. The van der Waals surface area contributed by atoms with Gasteiger partial charge in [-0.05, 0) is 33.6 Å². The van der Waals surface area contributed by atoms with Gasteiger partial charge in [0.25, 0.3) is 0 Å². The van der Waals surface area contributed by atoms with Gasteiger partial charge in [-0.25, -0.2) is 0 Å². The Bertz CT molecular complexity index is 477. The van der Waals surface area contributed by atoms with Crippen LogP contribution in [-0.4, -0.2) is 14.8 Å². The molecule has 99 valence electrons. The molecule has 0 aliphatic heterocycles. The van der Waals surface area contributed by atoms with E-state index in [0.717, 1.165) is 28.8 Å². The van der Waals surface area contributed by atoms with E-state index >= 15 is 0 Å². The zero-order valence-electron chi connectivity index (χ0n) is 10.4. The largest absolute Gasteiger partial charge is 0.385 e. The zero-order chi connectivity index (χ0) is 12.3. The van der Waals surface area contributed by atoms with Crippen LogP contribution in [0.25, 0.3) is 5.69 Å². The molecule has 2 heterocycles. The molecule has 0 aliphatic rings. The van der Waals surface area contributed by atoms with E-state index in [4.69, 9.17) is 0 Å². The van der Waals surface area contributed by atoms with Gasteiger partial charge in [0.05, 0.1) is 0 Å². The molecule has 0 aromatic carbocycles. The summed E-state index contributed by atoms with van der Waals surface area (Å²) >= 11 is 3.32. The number of aromatic nitrogens is 3. The zero-order valence-corrected chi connectivity index (χ0v) is 14.3. The molecule has 0 amide bonds. The third kappa shape index (κ3) is 3.50. The molecule has 5 heteroatoms. The van der Waals surface area contributed by atoms with Gasteiger partial charge in [0, 0.05) is 26.3 Å². The van der Waals surface area contributed by atoms with Crippen LogP contribution in [0, 0.1) is 6.07 Å². The van der Waals surface area contributed by atoms with E-state index in [9.17, 15) is 0 Å². The smallest absolute Gasteiger partial charge is 0.128 e. The van der Waals surface area contributed by atoms with Crippen molar-refractivity contribution >= 4 is 15.9 Å². The van der Waals surface area contributed by atoms with E-state index in [2.05, 4.69) is 45.9 Å². The van der Waals surface area contributed by atoms with Crippen molar-refractivity contribution in [1.82, 2.24) is 14.8 Å². The minimum Gasteiger partial charge on any atom is -0.385 e. The Morgan fingerprint density at radius 1 is 1.39 bits per heavy atom. The molecule has 0 bridgehead atoms. The van der Waals surface area contributed by atoms with Crippen LogP contribution in [0.3, 0.4) is 0 Å². The van der Waals surface area contributed by atoms with Crippen LogP contribution >= 0.6 is 15.9 Å². The Hall–Kier alpha value is -0.511. The van der Waals surface area contributed by atoms with Gasteiger partial charge in [0.2, 0.25) is 0 Å². The predicted octanol–water partition coefficient (Wildman–Crippen LogP) is 3.73. The molecule has 0 N–H and O–H groups in total. The van der Waals surface area contributed by atoms with E-state index < -0.39 is 0 Å². The molecule has 18 heavy (non-hydrogen) atoms. The van der Waals surface area contributed by atoms with Crippen molar-refractivity contribution < 1.29 is 20.1 Å². The number of hydrogen-bond donors (Lipinski definition) is 0. The number of rotatable bonds is 4. The van der Waals surface area contributed by atoms with Crippen LogP contribution < -0.4 is 0 Å². The predicted molar refractivity (Wildman–Crippen MR) is 71.2 cm³/mol. The minimum absolute atomic E-state index is 0. The van der Waals surface area contributed by atoms with Crippen molar-refractivity contribution in [3.05, 3.63) is 40.9 Å². The second-order valence-electron chi connectivity index (χ2n) is 3.95. The molecule has 0 saturated heterocycles. The van der Waals surface area contributed by atoms with Gasteiger partial charge >= 0.3 is 0 Å². The summed E-state index contributed by atoms with van der Waals surface area (Å²) in [5.74, 6) is 0.532. The van der Waals surface area contributed by atoms with Crippen molar-refractivity contribution in [2.45, 2.75) is 32.6 Å². The first-order valence-electron chi connectivity index (χ1n) is 5.83. The van der Waals surface area contributed by atoms with E-state index in [0.29, 0.717) is 5.92 Å². The van der Waals surface area contributed by atoms with Crippen LogP contribution in [0.2, 0.25) is 0 Å². The molecule has 0 unspecified atom stereocenters. The van der Waals surface area contributed by atoms with E-state index in [1.807, 2.05) is 24.5 Å². The summed E-state index contributed by atoms with van der Waals surface area (Å²) in [7, 11) is 0. The number of pyridine rings is 1. The second kappa shape index (κ2) is 7.17. The summed E-state index contributed by atoms with van der Waals surface area (Å²) in [5.41, 5.74) is 1.98. The van der Waals surface area contributed by atoms with Gasteiger partial charge in [-0.1, -0.05) is 38.6 Å². The third-order valence-corrected chi connectivity index (χ3v) is 3.33. The molecule has 0 spiro atoms. The fourth-order valence-electron chi connectivity index (χ4n) is 1.85. The summed E-state index contributed by atoms with van der Waals surface area (Å²) < 4.78 is 2.57. The molecule has 2 aromatic rings. The van der Waals surface area contributed by atoms with Crippen molar-refractivity contribution in [3.63, 3.8) is 0 Å². The van der Waals surface area contributed by atoms with E-state index in [-0.39, 0.29) is 20.1 Å². The fourth-order valence-corrected chi connectivity index (χ4v) is 2.14. The molecule has 0 aliphatic carbocycles. The van der Waals surface area contributed by atoms with Gasteiger partial charge in [0.1, 0.15) is 4.60 Å². The maximum Gasteiger partial charge on any atom is 0.128 e. The summed E-state index contributed by atoms with van der Waals surface area (Å²) in [5, 5.41) is 4.26. The molecule has 2 aromatic heterocycles. The van der Waals surface area contributed by atoms with Gasteiger partial charge in [-0.2, -0.15) is 17.2 Å². The van der Waals surface area contributed by atoms with Crippen LogP contribution in [0.15, 0.2) is 29.1 Å². The van der Waals surface area contributed by atoms with Gasteiger partial charge in [0.15, 0.2) is 0 Å².